The molecular formula is C18H25NO2. The van der Waals surface area contributed by atoms with Crippen molar-refractivity contribution in [2.24, 2.45) is 11.8 Å². The van der Waals surface area contributed by atoms with Gasteiger partial charge in [0, 0.05) is 0 Å². The Morgan fingerprint density at radius 3 is 2.62 bits per heavy atom. The molecule has 0 radical (unpaired) electrons. The van der Waals surface area contributed by atoms with Gasteiger partial charge in [0.15, 0.2) is 0 Å². The predicted molar refractivity (Wildman–Crippen MR) is 82.9 cm³/mol. The van der Waals surface area contributed by atoms with Crippen LogP contribution < -0.4 is 4.74 Å². The molecule has 1 saturated carbocycles. The van der Waals surface area contributed by atoms with E-state index >= 15 is 0 Å². The van der Waals surface area contributed by atoms with E-state index in [1.54, 1.807) is 7.11 Å². The van der Waals surface area contributed by atoms with E-state index in [2.05, 4.69) is 13.0 Å². The molecule has 0 spiro atoms. The summed E-state index contributed by atoms with van der Waals surface area (Å²) >= 11 is 0. The molecule has 3 heteroatoms. The van der Waals surface area contributed by atoms with Crippen molar-refractivity contribution in [2.45, 2.75) is 51.7 Å². The molecule has 1 fully saturated rings. The van der Waals surface area contributed by atoms with Gasteiger partial charge in [-0.05, 0) is 42.9 Å². The van der Waals surface area contributed by atoms with Crippen molar-refractivity contribution in [1.29, 1.82) is 5.26 Å². The summed E-state index contributed by atoms with van der Waals surface area (Å²) in [4.78, 5) is 0. The van der Waals surface area contributed by atoms with Crippen molar-refractivity contribution in [3.63, 3.8) is 0 Å². The van der Waals surface area contributed by atoms with Gasteiger partial charge >= 0.3 is 0 Å². The molecule has 0 N–H and O–H groups in total. The predicted octanol–water partition coefficient (Wildman–Crippen LogP) is 4.32. The maximum absolute atomic E-state index is 9.30. The molecule has 3 unspecified atom stereocenters. The maximum atomic E-state index is 9.30. The van der Waals surface area contributed by atoms with Gasteiger partial charge in [0.05, 0.1) is 31.8 Å². The van der Waals surface area contributed by atoms with E-state index in [-0.39, 0.29) is 12.0 Å². The molecule has 0 bridgehead atoms. The van der Waals surface area contributed by atoms with Crippen LogP contribution >= 0.6 is 0 Å². The minimum Gasteiger partial charge on any atom is -0.497 e. The van der Waals surface area contributed by atoms with Gasteiger partial charge in [-0.3, -0.25) is 0 Å². The highest BCUT2D eigenvalue weighted by atomic mass is 16.5. The third kappa shape index (κ3) is 4.47. The van der Waals surface area contributed by atoms with Crippen LogP contribution in [0.3, 0.4) is 0 Å². The molecule has 1 aliphatic rings. The van der Waals surface area contributed by atoms with E-state index in [1.165, 1.54) is 19.3 Å². The molecule has 0 heterocycles. The Labute approximate surface area is 127 Å². The number of methoxy groups -OCH3 is 1. The Balaban J connectivity index is 1.90. The summed E-state index contributed by atoms with van der Waals surface area (Å²) in [6.45, 7) is 2.80. The van der Waals surface area contributed by atoms with Crippen molar-refractivity contribution >= 4 is 0 Å². The van der Waals surface area contributed by atoms with E-state index < -0.39 is 0 Å². The summed E-state index contributed by atoms with van der Waals surface area (Å²) < 4.78 is 11.2. The van der Waals surface area contributed by atoms with Crippen LogP contribution in [0, 0.1) is 23.2 Å². The lowest BCUT2D eigenvalue weighted by molar-refractivity contribution is -0.0208. The molecule has 1 aromatic carbocycles. The van der Waals surface area contributed by atoms with Crippen LogP contribution in [0.15, 0.2) is 24.3 Å². The first kappa shape index (κ1) is 15.9. The lowest BCUT2D eigenvalue weighted by Crippen LogP contribution is -2.31. The van der Waals surface area contributed by atoms with Gasteiger partial charge in [-0.15, -0.1) is 0 Å². The third-order valence-corrected chi connectivity index (χ3v) is 4.39. The van der Waals surface area contributed by atoms with Gasteiger partial charge in [0.25, 0.3) is 0 Å². The van der Waals surface area contributed by atoms with Crippen LogP contribution in [0.25, 0.3) is 0 Å². The fourth-order valence-corrected chi connectivity index (χ4v) is 3.14. The summed E-state index contributed by atoms with van der Waals surface area (Å²) in [7, 11) is 1.67. The SMILES string of the molecule is CCCC1CCC(C#N)C(OCc2ccc(OC)cc2)C1. The second kappa shape index (κ2) is 8.05. The zero-order valence-electron chi connectivity index (χ0n) is 13.0. The molecular weight excluding hydrogens is 262 g/mol. The number of benzene rings is 1. The van der Waals surface area contributed by atoms with Crippen LogP contribution in [0.4, 0.5) is 0 Å². The van der Waals surface area contributed by atoms with Crippen LogP contribution in [0.1, 0.15) is 44.6 Å². The fraction of sp³-hybridized carbons (Fsp3) is 0.611. The lowest BCUT2D eigenvalue weighted by Gasteiger charge is -2.32. The smallest absolute Gasteiger partial charge is 0.118 e. The second-order valence-corrected chi connectivity index (χ2v) is 5.90. The van der Waals surface area contributed by atoms with Crippen LogP contribution in [0.2, 0.25) is 0 Å². The van der Waals surface area contributed by atoms with Crippen LogP contribution in [0.5, 0.6) is 5.75 Å². The van der Waals surface area contributed by atoms with E-state index in [1.807, 2.05) is 24.3 Å². The van der Waals surface area contributed by atoms with E-state index in [9.17, 15) is 5.26 Å². The number of rotatable bonds is 6. The molecule has 3 nitrogen and oxygen atoms in total. The van der Waals surface area contributed by atoms with Gasteiger partial charge < -0.3 is 9.47 Å². The summed E-state index contributed by atoms with van der Waals surface area (Å²) in [5, 5.41) is 9.30. The Bertz CT molecular complexity index is 463. The van der Waals surface area contributed by atoms with E-state index in [0.717, 1.165) is 30.1 Å². The molecule has 3 atom stereocenters. The molecule has 1 aliphatic carbocycles. The summed E-state index contributed by atoms with van der Waals surface area (Å²) in [5.41, 5.74) is 1.13. The molecule has 0 aromatic heterocycles. The van der Waals surface area contributed by atoms with Crippen molar-refractivity contribution in [2.75, 3.05) is 7.11 Å². The zero-order valence-corrected chi connectivity index (χ0v) is 13.0. The van der Waals surface area contributed by atoms with E-state index in [4.69, 9.17) is 9.47 Å². The number of nitrogens with zero attached hydrogens (tertiary/aromatic N) is 1. The average molecular weight is 287 g/mol. The topological polar surface area (TPSA) is 42.2 Å². The van der Waals surface area contributed by atoms with Gasteiger partial charge in [-0.1, -0.05) is 31.9 Å². The molecule has 1 aromatic rings. The number of hydrogen-bond donors (Lipinski definition) is 0. The Kier molecular flexibility index (Phi) is 6.07. The minimum absolute atomic E-state index is 0.0522. The number of hydrogen-bond acceptors (Lipinski definition) is 3. The maximum Gasteiger partial charge on any atom is 0.118 e. The highest BCUT2D eigenvalue weighted by molar-refractivity contribution is 5.26. The highest BCUT2D eigenvalue weighted by Gasteiger charge is 2.30. The second-order valence-electron chi connectivity index (χ2n) is 5.90. The number of ether oxygens (including phenoxy) is 2. The number of nitriles is 1. The first-order valence-corrected chi connectivity index (χ1v) is 7.91. The van der Waals surface area contributed by atoms with Crippen LogP contribution in [-0.2, 0) is 11.3 Å². The van der Waals surface area contributed by atoms with Crippen molar-refractivity contribution in [1.82, 2.24) is 0 Å². The zero-order chi connectivity index (χ0) is 15.1. The third-order valence-electron chi connectivity index (χ3n) is 4.39. The Hall–Kier alpha value is -1.53. The van der Waals surface area contributed by atoms with Crippen LogP contribution in [-0.4, -0.2) is 13.2 Å². The van der Waals surface area contributed by atoms with Gasteiger partial charge in [-0.25, -0.2) is 0 Å². The van der Waals surface area contributed by atoms with Crippen molar-refractivity contribution < 1.29 is 9.47 Å². The lowest BCUT2D eigenvalue weighted by atomic mass is 9.78. The largest absolute Gasteiger partial charge is 0.497 e. The van der Waals surface area contributed by atoms with Crippen molar-refractivity contribution in [3.8, 4) is 11.8 Å². The Morgan fingerprint density at radius 1 is 1.24 bits per heavy atom. The first-order valence-electron chi connectivity index (χ1n) is 7.91. The van der Waals surface area contributed by atoms with E-state index in [0.29, 0.717) is 6.61 Å². The van der Waals surface area contributed by atoms with Crippen molar-refractivity contribution in [3.05, 3.63) is 29.8 Å². The standard InChI is InChI=1S/C18H25NO2/c1-3-4-14-5-8-16(12-19)18(11-14)21-13-15-6-9-17(20-2)10-7-15/h6-7,9-10,14,16,18H,3-5,8,11,13H2,1-2H3. The van der Waals surface area contributed by atoms with Gasteiger partial charge in [0.1, 0.15) is 5.75 Å². The quantitative estimate of drug-likeness (QED) is 0.782. The molecule has 2 rings (SSSR count). The molecule has 114 valence electrons. The highest BCUT2D eigenvalue weighted by Crippen LogP contribution is 2.33. The fourth-order valence-electron chi connectivity index (χ4n) is 3.14. The molecule has 21 heavy (non-hydrogen) atoms. The summed E-state index contributed by atoms with van der Waals surface area (Å²) in [5.74, 6) is 1.63. The molecule has 0 aliphatic heterocycles. The Morgan fingerprint density at radius 2 is 2.00 bits per heavy atom. The summed E-state index contributed by atoms with van der Waals surface area (Å²) in [6, 6.07) is 10.4. The first-order chi connectivity index (χ1) is 10.3. The summed E-state index contributed by atoms with van der Waals surface area (Å²) in [6.07, 6.45) is 5.74. The molecule has 0 saturated heterocycles. The van der Waals surface area contributed by atoms with Gasteiger partial charge in [-0.2, -0.15) is 5.26 Å². The monoisotopic (exact) mass is 287 g/mol. The molecule has 0 amide bonds. The average Bonchev–Trinajstić information content (AvgIpc) is 2.54. The normalized spacial score (nSPS) is 25.3. The van der Waals surface area contributed by atoms with Gasteiger partial charge in [0.2, 0.25) is 0 Å². The minimum atomic E-state index is 0.0522.